The van der Waals surface area contributed by atoms with Crippen LogP contribution in [0.15, 0.2) is 16.5 Å². The van der Waals surface area contributed by atoms with E-state index in [1.54, 1.807) is 4.90 Å². The number of carbonyl (C=O) groups is 3. The van der Waals surface area contributed by atoms with Crippen molar-refractivity contribution in [3.63, 3.8) is 0 Å². The number of thioether (sulfide) groups is 1. The highest BCUT2D eigenvalue weighted by molar-refractivity contribution is 7.99. The van der Waals surface area contributed by atoms with E-state index in [2.05, 4.69) is 0 Å². The lowest BCUT2D eigenvalue weighted by Gasteiger charge is -2.27. The minimum atomic E-state index is -1.23. The van der Waals surface area contributed by atoms with Crippen LogP contribution < -0.4 is 0 Å². The number of carboxylic acid groups (broad SMARTS) is 1. The maximum Gasteiger partial charge on any atom is 0.371 e. The molecule has 2 amide bonds. The third-order valence-corrected chi connectivity index (χ3v) is 4.54. The summed E-state index contributed by atoms with van der Waals surface area (Å²) in [5, 5.41) is 8.84. The summed E-state index contributed by atoms with van der Waals surface area (Å²) < 4.78 is 5.04. The summed E-state index contributed by atoms with van der Waals surface area (Å²) in [5.74, 6) is -1.20. The zero-order valence-electron chi connectivity index (χ0n) is 12.4. The van der Waals surface area contributed by atoms with Crippen LogP contribution in [0.2, 0.25) is 0 Å². The van der Waals surface area contributed by atoms with Gasteiger partial charge in [-0.3, -0.25) is 9.59 Å². The number of amides is 2. The second-order valence-electron chi connectivity index (χ2n) is 4.77. The Morgan fingerprint density at radius 2 is 1.95 bits per heavy atom. The SMILES string of the molecule is CCN(CC)C(=O)C1CSCN1C(=O)c1ccc(C(=O)O)o1. The molecule has 1 fully saturated rings. The van der Waals surface area contributed by atoms with Crippen molar-refractivity contribution in [2.24, 2.45) is 0 Å². The second-order valence-corrected chi connectivity index (χ2v) is 5.77. The van der Waals surface area contributed by atoms with Gasteiger partial charge in [-0.2, -0.15) is 0 Å². The van der Waals surface area contributed by atoms with Gasteiger partial charge >= 0.3 is 5.97 Å². The molecule has 0 saturated carbocycles. The fourth-order valence-corrected chi connectivity index (χ4v) is 3.45. The Bertz CT molecular complexity index is 582. The molecule has 2 rings (SSSR count). The normalized spacial score (nSPS) is 17.5. The van der Waals surface area contributed by atoms with Crippen LogP contribution in [0.5, 0.6) is 0 Å². The summed E-state index contributed by atoms with van der Waals surface area (Å²) in [6.45, 7) is 4.95. The van der Waals surface area contributed by atoms with Gasteiger partial charge in [0.05, 0.1) is 5.88 Å². The quantitative estimate of drug-likeness (QED) is 0.878. The van der Waals surface area contributed by atoms with Crippen LogP contribution >= 0.6 is 11.8 Å². The molecule has 1 aliphatic rings. The number of nitrogens with zero attached hydrogens (tertiary/aromatic N) is 2. The van der Waals surface area contributed by atoms with E-state index < -0.39 is 17.9 Å². The lowest BCUT2D eigenvalue weighted by molar-refractivity contribution is -0.134. The topological polar surface area (TPSA) is 91.1 Å². The third-order valence-electron chi connectivity index (χ3n) is 3.53. The van der Waals surface area contributed by atoms with Gasteiger partial charge in [0.15, 0.2) is 5.76 Å². The molecule has 1 saturated heterocycles. The first-order chi connectivity index (χ1) is 10.5. The lowest BCUT2D eigenvalue weighted by Crippen LogP contribution is -2.48. The zero-order valence-corrected chi connectivity index (χ0v) is 13.3. The average molecular weight is 326 g/mol. The number of rotatable bonds is 5. The molecular formula is C14H18N2O5S. The van der Waals surface area contributed by atoms with Crippen molar-refractivity contribution < 1.29 is 23.9 Å². The van der Waals surface area contributed by atoms with Gasteiger partial charge in [-0.05, 0) is 26.0 Å². The van der Waals surface area contributed by atoms with E-state index in [4.69, 9.17) is 9.52 Å². The lowest BCUT2D eigenvalue weighted by atomic mass is 10.2. The molecule has 2 heterocycles. The Morgan fingerprint density at radius 3 is 2.50 bits per heavy atom. The molecule has 1 N–H and O–H groups in total. The summed E-state index contributed by atoms with van der Waals surface area (Å²) in [7, 11) is 0. The first-order valence-corrected chi connectivity index (χ1v) is 8.15. The van der Waals surface area contributed by atoms with Crippen LogP contribution in [0.25, 0.3) is 0 Å². The molecule has 120 valence electrons. The van der Waals surface area contributed by atoms with E-state index >= 15 is 0 Å². The molecule has 0 radical (unpaired) electrons. The number of likely N-dealkylation sites (N-methyl/N-ethyl adjacent to an activating group) is 1. The Morgan fingerprint density at radius 1 is 1.32 bits per heavy atom. The number of carboxylic acids is 1. The molecule has 7 nitrogen and oxygen atoms in total. The standard InChI is InChI=1S/C14H18N2O5S/c1-3-15(4-2)12(17)9-7-22-8-16(9)13(18)10-5-6-11(21-10)14(19)20/h5-6,9H,3-4,7-8H2,1-2H3,(H,19,20). The number of furan rings is 1. The van der Waals surface area contributed by atoms with Crippen molar-refractivity contribution in [2.75, 3.05) is 24.7 Å². The molecule has 1 aromatic rings. The van der Waals surface area contributed by atoms with Crippen molar-refractivity contribution in [3.8, 4) is 0 Å². The van der Waals surface area contributed by atoms with Gasteiger partial charge in [0.2, 0.25) is 11.7 Å². The molecule has 0 spiro atoms. The van der Waals surface area contributed by atoms with Gasteiger partial charge in [0.25, 0.3) is 5.91 Å². The fourth-order valence-electron chi connectivity index (χ4n) is 2.30. The number of hydrogen-bond donors (Lipinski definition) is 1. The summed E-state index contributed by atoms with van der Waals surface area (Å²) in [4.78, 5) is 38.8. The van der Waals surface area contributed by atoms with Crippen molar-refractivity contribution in [1.82, 2.24) is 9.80 Å². The molecule has 0 aromatic carbocycles. The molecule has 1 atom stereocenters. The van der Waals surface area contributed by atoms with Crippen molar-refractivity contribution in [3.05, 3.63) is 23.7 Å². The van der Waals surface area contributed by atoms with E-state index in [1.165, 1.54) is 28.8 Å². The number of aromatic carboxylic acids is 1. The highest BCUT2D eigenvalue weighted by Crippen LogP contribution is 2.25. The van der Waals surface area contributed by atoms with E-state index in [0.29, 0.717) is 24.7 Å². The van der Waals surface area contributed by atoms with Gasteiger partial charge < -0.3 is 19.3 Å². The van der Waals surface area contributed by atoms with E-state index in [-0.39, 0.29) is 17.4 Å². The second kappa shape index (κ2) is 6.87. The van der Waals surface area contributed by atoms with Crippen molar-refractivity contribution in [1.29, 1.82) is 0 Å². The van der Waals surface area contributed by atoms with Crippen molar-refractivity contribution >= 4 is 29.5 Å². The molecular weight excluding hydrogens is 308 g/mol. The monoisotopic (exact) mass is 326 g/mol. The molecule has 1 aliphatic heterocycles. The predicted molar refractivity (Wildman–Crippen MR) is 80.9 cm³/mol. The smallest absolute Gasteiger partial charge is 0.371 e. The van der Waals surface area contributed by atoms with Gasteiger partial charge in [0, 0.05) is 18.8 Å². The largest absolute Gasteiger partial charge is 0.475 e. The first kappa shape index (κ1) is 16.4. The zero-order chi connectivity index (χ0) is 16.3. The fraction of sp³-hybridized carbons (Fsp3) is 0.500. The predicted octanol–water partition coefficient (Wildman–Crippen LogP) is 1.36. The van der Waals surface area contributed by atoms with Crippen LogP contribution in [0.4, 0.5) is 0 Å². The number of hydrogen-bond acceptors (Lipinski definition) is 5. The Labute approximate surface area is 132 Å². The van der Waals surface area contributed by atoms with E-state index in [0.717, 1.165) is 0 Å². The van der Waals surface area contributed by atoms with Crippen molar-refractivity contribution in [2.45, 2.75) is 19.9 Å². The van der Waals surface area contributed by atoms with Gasteiger partial charge in [-0.15, -0.1) is 11.8 Å². The highest BCUT2D eigenvalue weighted by Gasteiger charge is 2.38. The van der Waals surface area contributed by atoms with Crippen LogP contribution in [0.3, 0.4) is 0 Å². The Kier molecular flexibility index (Phi) is 5.12. The summed E-state index contributed by atoms with van der Waals surface area (Å²) in [6.07, 6.45) is 0. The Balaban J connectivity index is 2.17. The van der Waals surface area contributed by atoms with Crippen LogP contribution in [0, 0.1) is 0 Å². The average Bonchev–Trinajstić information content (AvgIpc) is 3.17. The molecule has 8 heteroatoms. The highest BCUT2D eigenvalue weighted by atomic mass is 32.2. The maximum absolute atomic E-state index is 12.5. The molecule has 0 bridgehead atoms. The van der Waals surface area contributed by atoms with Crippen LogP contribution in [0.1, 0.15) is 35.0 Å². The minimum absolute atomic E-state index is 0.0581. The molecule has 22 heavy (non-hydrogen) atoms. The van der Waals surface area contributed by atoms with Crippen LogP contribution in [-0.2, 0) is 4.79 Å². The van der Waals surface area contributed by atoms with E-state index in [9.17, 15) is 14.4 Å². The molecule has 0 aliphatic carbocycles. The summed E-state index contributed by atoms with van der Waals surface area (Å²) >= 11 is 1.49. The maximum atomic E-state index is 12.5. The number of carbonyl (C=O) groups excluding carboxylic acids is 2. The van der Waals surface area contributed by atoms with Gasteiger partial charge in [-0.25, -0.2) is 4.79 Å². The Hall–Kier alpha value is -1.96. The van der Waals surface area contributed by atoms with Gasteiger partial charge in [-0.1, -0.05) is 0 Å². The third kappa shape index (κ3) is 3.11. The van der Waals surface area contributed by atoms with Gasteiger partial charge in [0.1, 0.15) is 6.04 Å². The van der Waals surface area contributed by atoms with Crippen LogP contribution in [-0.4, -0.2) is 63.5 Å². The molecule has 1 unspecified atom stereocenters. The van der Waals surface area contributed by atoms with E-state index in [1.807, 2.05) is 13.8 Å². The first-order valence-electron chi connectivity index (χ1n) is 7.00. The summed E-state index contributed by atoms with van der Waals surface area (Å²) in [5.41, 5.74) is 0. The minimum Gasteiger partial charge on any atom is -0.475 e. The summed E-state index contributed by atoms with van der Waals surface area (Å²) in [6, 6.07) is 2.03. The molecule has 1 aromatic heterocycles.